The van der Waals surface area contributed by atoms with Crippen LogP contribution < -0.4 is 36.6 Å². The van der Waals surface area contributed by atoms with Gasteiger partial charge in [0.2, 0.25) is 11.3 Å². The van der Waals surface area contributed by atoms with E-state index in [9.17, 15) is 4.79 Å². The van der Waals surface area contributed by atoms with Gasteiger partial charge in [0, 0.05) is 23.6 Å². The first kappa shape index (κ1) is 23.7. The van der Waals surface area contributed by atoms with Crippen molar-refractivity contribution in [3.8, 4) is 0 Å². The van der Waals surface area contributed by atoms with Gasteiger partial charge in [-0.2, -0.15) is 4.57 Å². The van der Waals surface area contributed by atoms with Crippen molar-refractivity contribution < 1.29 is 26.4 Å². The Balaban J connectivity index is 0.00000240. The molecule has 0 unspecified atom stereocenters. The minimum absolute atomic E-state index is 0. The Bertz CT molecular complexity index is 1720. The molecule has 10 heteroatoms. The third-order valence-corrected chi connectivity index (χ3v) is 9.89. The number of rotatable bonds is 2. The number of anilines is 1. The fourth-order valence-corrected chi connectivity index (χ4v) is 8.38. The number of fused-ring (bicyclic) bond motifs is 6. The summed E-state index contributed by atoms with van der Waals surface area (Å²) >= 11 is 4.91. The fourth-order valence-electron chi connectivity index (χ4n) is 4.83. The number of thiazole rings is 2. The van der Waals surface area contributed by atoms with Crippen LogP contribution in [0.25, 0.3) is 22.1 Å². The van der Waals surface area contributed by atoms with E-state index in [-0.39, 0.29) is 18.0 Å². The van der Waals surface area contributed by atoms with Crippen LogP contribution in [0.4, 0.5) is 5.69 Å². The largest absolute Gasteiger partial charge is 1.00 e. The van der Waals surface area contributed by atoms with E-state index in [0.29, 0.717) is 24.3 Å². The molecule has 0 spiro atoms. The van der Waals surface area contributed by atoms with Crippen LogP contribution in [0.2, 0.25) is 0 Å². The van der Waals surface area contributed by atoms with E-state index in [1.54, 1.807) is 23.1 Å². The second kappa shape index (κ2) is 9.30. The van der Waals surface area contributed by atoms with Gasteiger partial charge in [0.15, 0.2) is 12.3 Å². The van der Waals surface area contributed by atoms with Crippen LogP contribution in [0.15, 0.2) is 69.0 Å². The molecule has 0 bridgehead atoms. The lowest BCUT2D eigenvalue weighted by molar-refractivity contribution is -0.677. The topological polar surface area (TPSA) is 47.6 Å². The van der Waals surface area contributed by atoms with Crippen LogP contribution in [-0.4, -0.2) is 24.3 Å². The van der Waals surface area contributed by atoms with Crippen molar-refractivity contribution in [1.82, 2.24) is 4.57 Å². The predicted molar refractivity (Wildman–Crippen MR) is 141 cm³/mol. The van der Waals surface area contributed by atoms with Crippen LogP contribution in [0, 0.1) is 0 Å². The smallest absolute Gasteiger partial charge is 0.308 e. The number of para-hydroxylation sites is 2. The molecule has 0 saturated heterocycles. The van der Waals surface area contributed by atoms with Crippen molar-refractivity contribution in [2.45, 2.75) is 24.9 Å². The summed E-state index contributed by atoms with van der Waals surface area (Å²) in [4.78, 5) is 17.0. The molecule has 184 valence electrons. The highest BCUT2D eigenvalue weighted by Gasteiger charge is 2.32. The number of allylic oxidation sites excluding steroid dienone is 1. The highest BCUT2D eigenvalue weighted by molar-refractivity contribution is 8.03. The number of halogens is 1. The molecule has 6 nitrogen and oxygen atoms in total. The highest BCUT2D eigenvalue weighted by atomic mass is 35.5. The van der Waals surface area contributed by atoms with Crippen molar-refractivity contribution in [2.24, 2.45) is 0 Å². The molecule has 0 fully saturated rings. The van der Waals surface area contributed by atoms with E-state index in [2.05, 4.69) is 58.0 Å². The molecule has 3 aliphatic rings. The van der Waals surface area contributed by atoms with E-state index < -0.39 is 0 Å². The van der Waals surface area contributed by atoms with Crippen molar-refractivity contribution in [3.05, 3.63) is 83.9 Å². The van der Waals surface area contributed by atoms with Crippen LogP contribution in [-0.2, 0) is 22.6 Å². The maximum Gasteiger partial charge on any atom is 0.308 e. The molecule has 0 atom stereocenters. The summed E-state index contributed by atoms with van der Waals surface area (Å²) in [5.74, 6) is 1.56. The molecule has 0 amide bonds. The summed E-state index contributed by atoms with van der Waals surface area (Å²) in [6.45, 7) is 5.38. The van der Waals surface area contributed by atoms with Crippen LogP contribution in [0.1, 0.15) is 11.9 Å². The van der Waals surface area contributed by atoms with E-state index in [4.69, 9.17) is 9.47 Å². The first-order valence-electron chi connectivity index (χ1n) is 11.6. The number of hydrogen-bond donors (Lipinski definition) is 0. The molecule has 3 aliphatic heterocycles. The number of thioether (sulfide) groups is 1. The van der Waals surface area contributed by atoms with Gasteiger partial charge in [-0.15, -0.1) is 11.3 Å². The quantitative estimate of drug-likeness (QED) is 0.331. The molecule has 2 aromatic carbocycles. The number of hydrogen-bond acceptors (Lipinski definition) is 7. The fraction of sp³-hybridized carbons (Fsp3) is 0.231. The van der Waals surface area contributed by atoms with E-state index >= 15 is 0 Å². The first-order chi connectivity index (χ1) is 17.2. The summed E-state index contributed by atoms with van der Waals surface area (Å²) in [5.41, 5.74) is 2.42. The minimum atomic E-state index is -0.00355. The normalized spacial score (nSPS) is 18.4. The molecular formula is C26H22ClN3O3S3. The Morgan fingerprint density at radius 3 is 2.78 bits per heavy atom. The van der Waals surface area contributed by atoms with Gasteiger partial charge in [-0.25, -0.2) is 0 Å². The van der Waals surface area contributed by atoms with Gasteiger partial charge in [0.1, 0.15) is 27.6 Å². The van der Waals surface area contributed by atoms with Gasteiger partial charge in [-0.1, -0.05) is 47.4 Å². The van der Waals surface area contributed by atoms with E-state index in [1.807, 2.05) is 17.6 Å². The maximum absolute atomic E-state index is 13.5. The third kappa shape index (κ3) is 3.60. The number of aromatic nitrogens is 2. The van der Waals surface area contributed by atoms with Gasteiger partial charge in [-0.05, 0) is 25.1 Å². The van der Waals surface area contributed by atoms with Crippen LogP contribution in [0.5, 0.6) is 0 Å². The van der Waals surface area contributed by atoms with Gasteiger partial charge in [0.05, 0.1) is 16.8 Å². The Morgan fingerprint density at radius 1 is 1.06 bits per heavy atom. The molecule has 0 N–H and O–H groups in total. The average Bonchev–Trinajstić information content (AvgIpc) is 3.56. The molecule has 0 aliphatic carbocycles. The van der Waals surface area contributed by atoms with E-state index in [0.717, 1.165) is 39.3 Å². The molecular weight excluding hydrogens is 534 g/mol. The number of ether oxygens (including phenoxy) is 2. The molecule has 0 saturated carbocycles. The standard InChI is InChI=1S/C26H22N3O3S3.ClH/c1-2-27-23(30)21(15-18-24-28(11-13-31-18)16-7-3-5-9-19(16)33-24)35-25(27)22-26-29(12-14-32-22)17-8-4-6-10-20(17)34-26;/h3-10,15H,2,11-14H2,1H3;1H/q+1;/p-1/b21-15-;. The summed E-state index contributed by atoms with van der Waals surface area (Å²) in [6.07, 6.45) is 1.92. The molecule has 36 heavy (non-hydrogen) atoms. The lowest BCUT2D eigenvalue weighted by Crippen LogP contribution is -3.00. The summed E-state index contributed by atoms with van der Waals surface area (Å²) in [6, 6.07) is 16.8. The Kier molecular flexibility index (Phi) is 6.11. The van der Waals surface area contributed by atoms with Crippen molar-refractivity contribution >= 4 is 62.2 Å². The monoisotopic (exact) mass is 555 g/mol. The maximum atomic E-state index is 13.5. The minimum Gasteiger partial charge on any atom is -1.00 e. The predicted octanol–water partition coefficient (Wildman–Crippen LogP) is 0.215. The molecule has 2 aromatic heterocycles. The van der Waals surface area contributed by atoms with Crippen molar-refractivity contribution in [2.75, 3.05) is 24.7 Å². The average molecular weight is 556 g/mol. The molecule has 4 aromatic rings. The third-order valence-electron chi connectivity index (χ3n) is 6.43. The van der Waals surface area contributed by atoms with Gasteiger partial charge in [-0.3, -0.25) is 9.36 Å². The molecule has 5 heterocycles. The zero-order valence-corrected chi connectivity index (χ0v) is 22.6. The van der Waals surface area contributed by atoms with Gasteiger partial charge in [0.25, 0.3) is 5.56 Å². The van der Waals surface area contributed by atoms with Crippen LogP contribution in [0.3, 0.4) is 0 Å². The van der Waals surface area contributed by atoms with Crippen LogP contribution >= 0.6 is 34.4 Å². The van der Waals surface area contributed by atoms with Gasteiger partial charge < -0.3 is 26.8 Å². The SMILES string of the molecule is CCn1c(=O)/c(=C/C2=C3Sc4ccccc4N3CCO2)s/c1=C1/OCC[n+]2c1sc1ccccc12.[Cl-]. The Hall–Kier alpha value is -2.72. The Morgan fingerprint density at radius 2 is 1.89 bits per heavy atom. The lowest BCUT2D eigenvalue weighted by atomic mass is 10.3. The highest BCUT2D eigenvalue weighted by Crippen LogP contribution is 2.48. The lowest BCUT2D eigenvalue weighted by Gasteiger charge is -2.27. The zero-order chi connectivity index (χ0) is 23.5. The Labute approximate surface area is 225 Å². The second-order valence-corrected chi connectivity index (χ2v) is 11.5. The summed E-state index contributed by atoms with van der Waals surface area (Å²) in [7, 11) is 0. The molecule has 0 radical (unpaired) electrons. The second-order valence-electron chi connectivity index (χ2n) is 8.41. The number of benzene rings is 2. The number of nitrogens with zero attached hydrogens (tertiary/aromatic N) is 3. The van der Waals surface area contributed by atoms with Crippen molar-refractivity contribution in [1.29, 1.82) is 0 Å². The zero-order valence-electron chi connectivity index (χ0n) is 19.4. The van der Waals surface area contributed by atoms with Crippen molar-refractivity contribution in [3.63, 3.8) is 0 Å². The van der Waals surface area contributed by atoms with Gasteiger partial charge >= 0.3 is 5.01 Å². The molecule has 7 rings (SSSR count). The summed E-state index contributed by atoms with van der Waals surface area (Å²) in [5, 5.41) is 2.12. The summed E-state index contributed by atoms with van der Waals surface area (Å²) < 4.78 is 19.2. The first-order valence-corrected chi connectivity index (χ1v) is 14.1. The van der Waals surface area contributed by atoms with E-state index in [1.165, 1.54) is 32.1 Å².